The summed E-state index contributed by atoms with van der Waals surface area (Å²) in [6.07, 6.45) is 7.45. The van der Waals surface area contributed by atoms with Crippen LogP contribution in [-0.2, 0) is 4.74 Å². The molecule has 0 aliphatic carbocycles. The Kier molecular flexibility index (Phi) is 6.02. The number of fused-ring (bicyclic) bond motifs is 2. The summed E-state index contributed by atoms with van der Waals surface area (Å²) in [5.74, 6) is -0.819. The fourth-order valence-corrected chi connectivity index (χ4v) is 4.45. The zero-order valence-electron chi connectivity index (χ0n) is 18.8. The van der Waals surface area contributed by atoms with E-state index in [-0.39, 0.29) is 17.5 Å². The Morgan fingerprint density at radius 3 is 2.85 bits per heavy atom. The van der Waals surface area contributed by atoms with E-state index < -0.39 is 5.82 Å². The number of pyridine rings is 1. The van der Waals surface area contributed by atoms with Crippen molar-refractivity contribution in [1.29, 1.82) is 0 Å². The van der Waals surface area contributed by atoms with Crippen molar-refractivity contribution in [2.24, 2.45) is 4.99 Å². The van der Waals surface area contributed by atoms with Gasteiger partial charge in [0, 0.05) is 49.4 Å². The highest BCUT2D eigenvalue weighted by Crippen LogP contribution is 2.37. The number of aliphatic imine (C=N–C) groups is 1. The molecule has 2 aromatic carbocycles. The molecule has 1 aliphatic rings. The van der Waals surface area contributed by atoms with Gasteiger partial charge in [0.25, 0.3) is 0 Å². The Morgan fingerprint density at radius 2 is 2.09 bits per heavy atom. The van der Waals surface area contributed by atoms with Crippen LogP contribution in [0.15, 0.2) is 47.7 Å². The number of benzene rings is 2. The fourth-order valence-electron chi connectivity index (χ4n) is 4.19. The molecule has 1 atom stereocenters. The lowest BCUT2D eigenvalue weighted by molar-refractivity contribution is -0.0391. The van der Waals surface area contributed by atoms with Gasteiger partial charge >= 0.3 is 0 Å². The molecule has 0 spiro atoms. The largest absolute Gasteiger partial charge is 0.369 e. The average Bonchev–Trinajstić information content (AvgIpc) is 3.30. The third-order valence-corrected chi connectivity index (χ3v) is 6.11. The number of hydrogen-bond donors (Lipinski definition) is 0. The number of carbonyl (C=O) groups is 1. The minimum absolute atomic E-state index is 0.131. The van der Waals surface area contributed by atoms with Crippen molar-refractivity contribution in [2.75, 3.05) is 20.7 Å². The van der Waals surface area contributed by atoms with Crippen LogP contribution in [0.3, 0.4) is 0 Å². The van der Waals surface area contributed by atoms with Gasteiger partial charge in [-0.05, 0) is 49.6 Å². The second kappa shape index (κ2) is 9.12. The van der Waals surface area contributed by atoms with Crippen molar-refractivity contribution in [1.82, 2.24) is 19.7 Å². The predicted octanol–water partition coefficient (Wildman–Crippen LogP) is 5.53. The third-order valence-electron chi connectivity index (χ3n) is 5.82. The minimum Gasteiger partial charge on any atom is -0.369 e. The summed E-state index contributed by atoms with van der Waals surface area (Å²) in [5, 5.41) is 5.83. The summed E-state index contributed by atoms with van der Waals surface area (Å²) in [5.41, 5.74) is 1.76. The van der Waals surface area contributed by atoms with E-state index >= 15 is 0 Å². The van der Waals surface area contributed by atoms with E-state index in [1.54, 1.807) is 40.4 Å². The van der Waals surface area contributed by atoms with Gasteiger partial charge in [-0.3, -0.25) is 9.78 Å². The van der Waals surface area contributed by atoms with E-state index in [0.717, 1.165) is 19.3 Å². The summed E-state index contributed by atoms with van der Waals surface area (Å²) in [6.45, 7) is 0.631. The molecule has 5 rings (SSSR count). The molecule has 1 unspecified atom stereocenters. The maximum absolute atomic E-state index is 14.7. The first-order valence-corrected chi connectivity index (χ1v) is 11.4. The number of halogens is 2. The lowest BCUT2D eigenvalue weighted by Gasteiger charge is -2.22. The van der Waals surface area contributed by atoms with Crippen molar-refractivity contribution in [3.63, 3.8) is 0 Å². The van der Waals surface area contributed by atoms with E-state index in [2.05, 4.69) is 15.1 Å². The lowest BCUT2D eigenvalue weighted by Crippen LogP contribution is -2.18. The molecule has 1 aliphatic heterocycles. The highest BCUT2D eigenvalue weighted by atomic mass is 35.5. The number of ether oxygens (including phenoxy) is 1. The summed E-state index contributed by atoms with van der Waals surface area (Å²) in [7, 11) is 3.68. The molecule has 0 bridgehead atoms. The molecule has 34 heavy (non-hydrogen) atoms. The highest BCUT2D eigenvalue weighted by Gasteiger charge is 2.24. The molecule has 0 radical (unpaired) electrons. The third kappa shape index (κ3) is 4.03. The Hall–Kier alpha value is -3.36. The van der Waals surface area contributed by atoms with E-state index in [0.29, 0.717) is 44.7 Å². The van der Waals surface area contributed by atoms with Crippen molar-refractivity contribution in [3.8, 4) is 0 Å². The van der Waals surface area contributed by atoms with Crippen LogP contribution < -0.4 is 0 Å². The Balaban J connectivity index is 1.68. The molecule has 4 aromatic rings. The van der Waals surface area contributed by atoms with Gasteiger partial charge in [0.2, 0.25) is 0 Å². The number of carbonyl (C=O) groups excluding carboxylic acids is 1. The second-order valence-corrected chi connectivity index (χ2v) is 8.89. The Labute approximate surface area is 200 Å². The SMILES string of the molecule is CN(C)/C=N/c1c(C(=O)c2ccc(F)c3nn(C4CCCCO4)cc23)cc(Cl)c2ncccc12. The van der Waals surface area contributed by atoms with Crippen LogP contribution in [0.5, 0.6) is 0 Å². The van der Waals surface area contributed by atoms with Gasteiger partial charge in [-0.15, -0.1) is 0 Å². The van der Waals surface area contributed by atoms with Crippen LogP contribution in [0.1, 0.15) is 41.4 Å². The molecule has 174 valence electrons. The summed E-state index contributed by atoms with van der Waals surface area (Å²) < 4.78 is 22.1. The number of ketones is 1. The van der Waals surface area contributed by atoms with Gasteiger partial charge in [-0.25, -0.2) is 14.1 Å². The topological polar surface area (TPSA) is 72.6 Å². The molecule has 1 fully saturated rings. The molecule has 0 N–H and O–H groups in total. The molecule has 9 heteroatoms. The maximum atomic E-state index is 14.7. The first kappa shape index (κ1) is 22.4. The molecule has 1 saturated heterocycles. The first-order valence-electron chi connectivity index (χ1n) is 11.1. The van der Waals surface area contributed by atoms with Gasteiger partial charge < -0.3 is 9.64 Å². The van der Waals surface area contributed by atoms with E-state index in [1.165, 1.54) is 12.1 Å². The molecule has 2 aromatic heterocycles. The normalized spacial score (nSPS) is 16.5. The molecule has 3 heterocycles. The van der Waals surface area contributed by atoms with Crippen LogP contribution in [0.4, 0.5) is 10.1 Å². The van der Waals surface area contributed by atoms with Crippen LogP contribution in [0.25, 0.3) is 21.8 Å². The van der Waals surface area contributed by atoms with Crippen LogP contribution in [-0.4, -0.2) is 52.5 Å². The highest BCUT2D eigenvalue weighted by molar-refractivity contribution is 6.37. The summed E-state index contributed by atoms with van der Waals surface area (Å²) in [4.78, 5) is 24.5. The van der Waals surface area contributed by atoms with Gasteiger partial charge in [-0.2, -0.15) is 5.10 Å². The number of aromatic nitrogens is 3. The second-order valence-electron chi connectivity index (χ2n) is 8.48. The quantitative estimate of drug-likeness (QED) is 0.214. The number of rotatable bonds is 5. The molecule has 7 nitrogen and oxygen atoms in total. The van der Waals surface area contributed by atoms with Gasteiger partial charge in [0.05, 0.1) is 28.1 Å². The molecular weight excluding hydrogens is 457 g/mol. The summed E-state index contributed by atoms with van der Waals surface area (Å²) >= 11 is 6.51. The Bertz CT molecular complexity index is 1430. The smallest absolute Gasteiger partial charge is 0.196 e. The van der Waals surface area contributed by atoms with Crippen LogP contribution in [0, 0.1) is 5.82 Å². The summed E-state index contributed by atoms with van der Waals surface area (Å²) in [6, 6.07) is 7.92. The average molecular weight is 480 g/mol. The Morgan fingerprint density at radius 1 is 1.24 bits per heavy atom. The standard InChI is InChI=1S/C25H23ClFN5O2/c1-31(2)14-29-22-16-6-5-10-28-23(16)19(26)12-17(22)25(33)15-8-9-20(27)24-18(15)13-32(30-24)21-7-3-4-11-34-21/h5-6,8-10,12-14,21H,3-4,7,11H2,1-2H3/b29-14+. The first-order chi connectivity index (χ1) is 16.4. The van der Waals surface area contributed by atoms with Crippen molar-refractivity contribution >= 4 is 51.2 Å². The van der Waals surface area contributed by atoms with Crippen molar-refractivity contribution in [3.05, 3.63) is 64.7 Å². The monoisotopic (exact) mass is 479 g/mol. The van der Waals surface area contributed by atoms with E-state index in [1.807, 2.05) is 20.2 Å². The minimum atomic E-state index is -0.493. The van der Waals surface area contributed by atoms with Crippen molar-refractivity contribution < 1.29 is 13.9 Å². The van der Waals surface area contributed by atoms with Gasteiger partial charge in [0.15, 0.2) is 11.6 Å². The fraction of sp³-hybridized carbons (Fsp3) is 0.280. The van der Waals surface area contributed by atoms with Gasteiger partial charge in [0.1, 0.15) is 11.7 Å². The number of nitrogens with zero attached hydrogens (tertiary/aromatic N) is 5. The number of hydrogen-bond acceptors (Lipinski definition) is 5. The van der Waals surface area contributed by atoms with Crippen LogP contribution >= 0.6 is 11.6 Å². The lowest BCUT2D eigenvalue weighted by atomic mass is 9.97. The van der Waals surface area contributed by atoms with Gasteiger partial charge in [-0.1, -0.05) is 11.6 Å². The molecular formula is C25H23ClFN5O2. The maximum Gasteiger partial charge on any atom is 0.196 e. The molecule has 0 saturated carbocycles. The molecule has 0 amide bonds. The van der Waals surface area contributed by atoms with E-state index in [9.17, 15) is 9.18 Å². The van der Waals surface area contributed by atoms with Crippen molar-refractivity contribution in [2.45, 2.75) is 25.5 Å². The zero-order valence-corrected chi connectivity index (χ0v) is 19.6. The van der Waals surface area contributed by atoms with E-state index in [4.69, 9.17) is 16.3 Å². The zero-order chi connectivity index (χ0) is 23.8. The predicted molar refractivity (Wildman–Crippen MR) is 131 cm³/mol. The van der Waals surface area contributed by atoms with Crippen LogP contribution in [0.2, 0.25) is 5.02 Å².